The summed E-state index contributed by atoms with van der Waals surface area (Å²) in [5, 5.41) is 3.52. The molecule has 2 aliphatic heterocycles. The SMILES string of the molecule is O=C(Nc1cccc(C(=O)N2CCOC(c3ccc(Cl)cc3)C2)c1)C1CCCO1. The van der Waals surface area contributed by atoms with Crippen LogP contribution in [-0.2, 0) is 14.3 Å². The lowest BCUT2D eigenvalue weighted by Crippen LogP contribution is -2.42. The second kappa shape index (κ2) is 8.95. The van der Waals surface area contributed by atoms with E-state index >= 15 is 0 Å². The number of carbonyl (C=O) groups excluding carboxylic acids is 2. The van der Waals surface area contributed by atoms with E-state index < -0.39 is 6.10 Å². The van der Waals surface area contributed by atoms with Crippen molar-refractivity contribution in [2.45, 2.75) is 25.0 Å². The van der Waals surface area contributed by atoms with Crippen LogP contribution < -0.4 is 5.32 Å². The van der Waals surface area contributed by atoms with Gasteiger partial charge in [0.1, 0.15) is 12.2 Å². The molecule has 2 aromatic rings. The molecule has 0 aromatic heterocycles. The zero-order valence-electron chi connectivity index (χ0n) is 16.0. The molecule has 2 aromatic carbocycles. The summed E-state index contributed by atoms with van der Waals surface area (Å²) >= 11 is 5.96. The van der Waals surface area contributed by atoms with Crippen molar-refractivity contribution in [2.75, 3.05) is 31.6 Å². The van der Waals surface area contributed by atoms with E-state index in [0.717, 1.165) is 18.4 Å². The minimum Gasteiger partial charge on any atom is -0.370 e. The molecule has 2 amide bonds. The number of hydrogen-bond acceptors (Lipinski definition) is 4. The number of hydrogen-bond donors (Lipinski definition) is 1. The van der Waals surface area contributed by atoms with Gasteiger partial charge in [-0.3, -0.25) is 9.59 Å². The smallest absolute Gasteiger partial charge is 0.254 e. The Bertz CT molecular complexity index is 881. The van der Waals surface area contributed by atoms with Gasteiger partial charge in [0.25, 0.3) is 11.8 Å². The van der Waals surface area contributed by atoms with E-state index in [1.807, 2.05) is 24.3 Å². The van der Waals surface area contributed by atoms with Crippen LogP contribution in [0, 0.1) is 0 Å². The average Bonchev–Trinajstić information content (AvgIpc) is 3.29. The van der Waals surface area contributed by atoms with Crippen LogP contribution in [0.15, 0.2) is 48.5 Å². The Morgan fingerprint density at radius 1 is 1.07 bits per heavy atom. The first-order valence-corrected chi connectivity index (χ1v) is 10.2. The van der Waals surface area contributed by atoms with E-state index in [0.29, 0.717) is 42.6 Å². The predicted octanol–water partition coefficient (Wildman–Crippen LogP) is 3.67. The van der Waals surface area contributed by atoms with E-state index in [2.05, 4.69) is 5.32 Å². The Labute approximate surface area is 174 Å². The fourth-order valence-electron chi connectivity index (χ4n) is 3.63. The molecule has 0 saturated carbocycles. The summed E-state index contributed by atoms with van der Waals surface area (Å²) in [5.41, 5.74) is 2.12. The molecule has 29 heavy (non-hydrogen) atoms. The molecule has 1 N–H and O–H groups in total. The van der Waals surface area contributed by atoms with Gasteiger partial charge in [-0.25, -0.2) is 0 Å². The molecular weight excluding hydrogens is 392 g/mol. The molecule has 7 heteroatoms. The topological polar surface area (TPSA) is 67.9 Å². The number of benzene rings is 2. The van der Waals surface area contributed by atoms with Crippen molar-refractivity contribution >= 4 is 29.1 Å². The third kappa shape index (κ3) is 4.78. The molecule has 2 saturated heterocycles. The number of ether oxygens (including phenoxy) is 2. The van der Waals surface area contributed by atoms with Gasteiger partial charge in [0.15, 0.2) is 0 Å². The molecule has 152 valence electrons. The third-order valence-corrected chi connectivity index (χ3v) is 5.45. The van der Waals surface area contributed by atoms with Crippen molar-refractivity contribution in [1.29, 1.82) is 0 Å². The van der Waals surface area contributed by atoms with Crippen LogP contribution in [0.1, 0.15) is 34.9 Å². The van der Waals surface area contributed by atoms with Crippen molar-refractivity contribution < 1.29 is 19.1 Å². The Morgan fingerprint density at radius 3 is 2.66 bits per heavy atom. The van der Waals surface area contributed by atoms with Gasteiger partial charge in [0.2, 0.25) is 0 Å². The number of carbonyl (C=O) groups is 2. The fourth-order valence-corrected chi connectivity index (χ4v) is 3.76. The number of halogens is 1. The second-order valence-electron chi connectivity index (χ2n) is 7.23. The van der Waals surface area contributed by atoms with Crippen LogP contribution in [-0.4, -0.2) is 49.1 Å². The Morgan fingerprint density at radius 2 is 1.90 bits per heavy atom. The fraction of sp³-hybridized carbons (Fsp3) is 0.364. The van der Waals surface area contributed by atoms with Crippen molar-refractivity contribution in [3.8, 4) is 0 Å². The maximum Gasteiger partial charge on any atom is 0.254 e. The zero-order chi connectivity index (χ0) is 20.2. The van der Waals surface area contributed by atoms with Gasteiger partial charge >= 0.3 is 0 Å². The van der Waals surface area contributed by atoms with Crippen LogP contribution >= 0.6 is 11.6 Å². The first-order valence-electron chi connectivity index (χ1n) is 9.79. The average molecular weight is 415 g/mol. The highest BCUT2D eigenvalue weighted by molar-refractivity contribution is 6.30. The predicted molar refractivity (Wildman–Crippen MR) is 110 cm³/mol. The molecule has 2 unspecified atom stereocenters. The molecule has 4 rings (SSSR count). The summed E-state index contributed by atoms with van der Waals surface area (Å²) in [4.78, 5) is 27.1. The Kier molecular flexibility index (Phi) is 6.13. The first kappa shape index (κ1) is 19.9. The maximum absolute atomic E-state index is 13.0. The van der Waals surface area contributed by atoms with Gasteiger partial charge < -0.3 is 19.7 Å². The van der Waals surface area contributed by atoms with Gasteiger partial charge in [-0.05, 0) is 48.7 Å². The summed E-state index contributed by atoms with van der Waals surface area (Å²) in [6.45, 7) is 2.07. The molecule has 0 radical (unpaired) electrons. The van der Waals surface area contributed by atoms with Crippen molar-refractivity contribution in [3.63, 3.8) is 0 Å². The van der Waals surface area contributed by atoms with E-state index in [1.54, 1.807) is 29.2 Å². The molecule has 0 aliphatic carbocycles. The summed E-state index contributed by atoms with van der Waals surface area (Å²) in [5.74, 6) is -0.248. The molecule has 2 aliphatic rings. The third-order valence-electron chi connectivity index (χ3n) is 5.19. The largest absolute Gasteiger partial charge is 0.370 e. The molecule has 0 spiro atoms. The number of nitrogens with one attached hydrogen (secondary N) is 1. The lowest BCUT2D eigenvalue weighted by molar-refractivity contribution is -0.124. The van der Waals surface area contributed by atoms with Gasteiger partial charge in [-0.2, -0.15) is 0 Å². The standard InChI is InChI=1S/C22H23ClN2O4/c23-17-8-6-15(7-9-17)20-14-25(10-12-29-20)22(27)16-3-1-4-18(13-16)24-21(26)19-5-2-11-28-19/h1,3-4,6-9,13,19-20H,2,5,10-12,14H2,(H,24,26). The van der Waals surface area contributed by atoms with Gasteiger partial charge in [-0.15, -0.1) is 0 Å². The highest BCUT2D eigenvalue weighted by Crippen LogP contribution is 2.25. The molecule has 0 bridgehead atoms. The Hall–Kier alpha value is -2.41. The minimum absolute atomic E-state index is 0.0829. The van der Waals surface area contributed by atoms with Gasteiger partial charge in [0.05, 0.1) is 13.2 Å². The molecular formula is C22H23ClN2O4. The van der Waals surface area contributed by atoms with Crippen molar-refractivity contribution in [1.82, 2.24) is 4.90 Å². The minimum atomic E-state index is -0.409. The maximum atomic E-state index is 13.0. The summed E-state index contributed by atoms with van der Waals surface area (Å²) in [7, 11) is 0. The van der Waals surface area contributed by atoms with Crippen LogP contribution in [0.25, 0.3) is 0 Å². The lowest BCUT2D eigenvalue weighted by Gasteiger charge is -2.33. The van der Waals surface area contributed by atoms with E-state index in [1.165, 1.54) is 0 Å². The summed E-state index contributed by atoms with van der Waals surface area (Å²) in [6, 6.07) is 14.5. The second-order valence-corrected chi connectivity index (χ2v) is 7.67. The number of anilines is 1. The van der Waals surface area contributed by atoms with Crippen LogP contribution in [0.3, 0.4) is 0 Å². The number of amides is 2. The summed E-state index contributed by atoms with van der Waals surface area (Å²) < 4.78 is 11.3. The van der Waals surface area contributed by atoms with Crippen LogP contribution in [0.2, 0.25) is 5.02 Å². The first-order chi connectivity index (χ1) is 14.1. The van der Waals surface area contributed by atoms with E-state index in [9.17, 15) is 9.59 Å². The highest BCUT2D eigenvalue weighted by Gasteiger charge is 2.27. The zero-order valence-corrected chi connectivity index (χ0v) is 16.7. The quantitative estimate of drug-likeness (QED) is 0.828. The number of rotatable bonds is 4. The highest BCUT2D eigenvalue weighted by atomic mass is 35.5. The van der Waals surface area contributed by atoms with Crippen molar-refractivity contribution in [2.24, 2.45) is 0 Å². The van der Waals surface area contributed by atoms with Crippen LogP contribution in [0.5, 0.6) is 0 Å². The Balaban J connectivity index is 1.43. The molecule has 2 fully saturated rings. The van der Waals surface area contributed by atoms with Gasteiger partial charge in [0, 0.05) is 29.4 Å². The molecule has 6 nitrogen and oxygen atoms in total. The number of morpholine rings is 1. The molecule has 2 atom stereocenters. The normalized spacial score (nSPS) is 21.8. The number of nitrogens with zero attached hydrogens (tertiary/aromatic N) is 1. The summed E-state index contributed by atoms with van der Waals surface area (Å²) in [6.07, 6.45) is 1.02. The molecule has 2 heterocycles. The van der Waals surface area contributed by atoms with E-state index in [4.69, 9.17) is 21.1 Å². The lowest BCUT2D eigenvalue weighted by atomic mass is 10.1. The van der Waals surface area contributed by atoms with Crippen LogP contribution in [0.4, 0.5) is 5.69 Å². The monoisotopic (exact) mass is 414 g/mol. The van der Waals surface area contributed by atoms with Crippen molar-refractivity contribution in [3.05, 3.63) is 64.7 Å². The van der Waals surface area contributed by atoms with E-state index in [-0.39, 0.29) is 17.9 Å². The van der Waals surface area contributed by atoms with Gasteiger partial charge in [-0.1, -0.05) is 29.8 Å².